The molecule has 2 atom stereocenters. The Hall–Kier alpha value is -1.01. The average Bonchev–Trinajstić information content (AvgIpc) is 2.61. The highest BCUT2D eigenvalue weighted by atomic mass is 79.9. The van der Waals surface area contributed by atoms with Crippen LogP contribution in [0.15, 0.2) is 34.3 Å². The van der Waals surface area contributed by atoms with Gasteiger partial charge in [-0.05, 0) is 38.5 Å². The van der Waals surface area contributed by atoms with Crippen LogP contribution in [0, 0.1) is 0 Å². The molecule has 1 aliphatic rings. The van der Waals surface area contributed by atoms with Crippen LogP contribution < -0.4 is 0 Å². The Balaban J connectivity index is 2.43. The second kappa shape index (κ2) is 5.41. The third-order valence-electron chi connectivity index (χ3n) is 3.21. The maximum absolute atomic E-state index is 12.3. The van der Waals surface area contributed by atoms with Gasteiger partial charge in [-0.25, -0.2) is 5.01 Å². The van der Waals surface area contributed by atoms with Gasteiger partial charge in [0, 0.05) is 22.0 Å². The minimum absolute atomic E-state index is 0.0132. The minimum Gasteiger partial charge on any atom is -0.271 e. The molecule has 0 radical (unpaired) electrons. The van der Waals surface area contributed by atoms with Gasteiger partial charge in [-0.2, -0.15) is 5.10 Å². The SMILES string of the molecule is CC(C)N1N=C(c2ccc(S(C)=O)cc2)C(C)(Br)C1=O. The summed E-state index contributed by atoms with van der Waals surface area (Å²) in [5.41, 5.74) is 1.54. The van der Waals surface area contributed by atoms with E-state index in [1.165, 1.54) is 5.01 Å². The number of carbonyl (C=O) groups is 1. The van der Waals surface area contributed by atoms with Gasteiger partial charge in [-0.15, -0.1) is 0 Å². The molecule has 1 aromatic carbocycles. The number of hydrogen-bond donors (Lipinski definition) is 0. The molecule has 2 rings (SSSR count). The van der Waals surface area contributed by atoms with Gasteiger partial charge in [0.25, 0.3) is 5.91 Å². The van der Waals surface area contributed by atoms with Crippen LogP contribution in [0.1, 0.15) is 26.3 Å². The zero-order valence-corrected chi connectivity index (χ0v) is 14.3. The van der Waals surface area contributed by atoms with Crippen molar-refractivity contribution in [3.63, 3.8) is 0 Å². The van der Waals surface area contributed by atoms with Crippen molar-refractivity contribution in [2.24, 2.45) is 5.10 Å². The lowest BCUT2D eigenvalue weighted by molar-refractivity contribution is -0.131. The summed E-state index contributed by atoms with van der Waals surface area (Å²) in [6, 6.07) is 7.33. The van der Waals surface area contributed by atoms with Gasteiger partial charge in [0.05, 0.1) is 11.8 Å². The summed E-state index contributed by atoms with van der Waals surface area (Å²) < 4.78 is 10.6. The number of halogens is 1. The quantitative estimate of drug-likeness (QED) is 0.781. The van der Waals surface area contributed by atoms with Crippen LogP contribution in [0.25, 0.3) is 0 Å². The van der Waals surface area contributed by atoms with Crippen LogP contribution >= 0.6 is 15.9 Å². The molecule has 0 saturated heterocycles. The molecule has 0 aromatic heterocycles. The Bertz CT molecular complexity index is 594. The molecule has 0 spiro atoms. The van der Waals surface area contributed by atoms with Gasteiger partial charge >= 0.3 is 0 Å². The molecule has 0 N–H and O–H groups in total. The fraction of sp³-hybridized carbons (Fsp3) is 0.429. The Morgan fingerprint density at radius 3 is 2.25 bits per heavy atom. The standard InChI is InChI=1S/C14H17BrN2O2S/c1-9(2)17-13(18)14(3,15)12(16-17)10-5-7-11(8-6-10)20(4)19/h5-9H,1-4H3. The fourth-order valence-corrected chi connectivity index (χ4v) is 3.06. The van der Waals surface area contributed by atoms with Crippen LogP contribution in [0.2, 0.25) is 0 Å². The Morgan fingerprint density at radius 2 is 1.85 bits per heavy atom. The van der Waals surface area contributed by atoms with Crippen molar-refractivity contribution in [1.82, 2.24) is 5.01 Å². The van der Waals surface area contributed by atoms with E-state index in [-0.39, 0.29) is 11.9 Å². The molecule has 4 nitrogen and oxygen atoms in total. The zero-order chi connectivity index (χ0) is 15.1. The van der Waals surface area contributed by atoms with Crippen LogP contribution in [-0.4, -0.2) is 37.5 Å². The maximum Gasteiger partial charge on any atom is 0.265 e. The van der Waals surface area contributed by atoms with E-state index >= 15 is 0 Å². The second-order valence-electron chi connectivity index (χ2n) is 5.17. The number of amides is 1. The number of hydrogen-bond acceptors (Lipinski definition) is 3. The second-order valence-corrected chi connectivity index (χ2v) is 8.14. The predicted molar refractivity (Wildman–Crippen MR) is 84.6 cm³/mol. The van der Waals surface area contributed by atoms with E-state index in [2.05, 4.69) is 21.0 Å². The van der Waals surface area contributed by atoms with E-state index in [4.69, 9.17) is 0 Å². The van der Waals surface area contributed by atoms with E-state index in [0.717, 1.165) is 10.5 Å². The first-order chi connectivity index (χ1) is 9.25. The summed E-state index contributed by atoms with van der Waals surface area (Å²) in [6.07, 6.45) is 1.64. The highest BCUT2D eigenvalue weighted by Gasteiger charge is 2.46. The maximum atomic E-state index is 12.3. The number of benzene rings is 1. The van der Waals surface area contributed by atoms with Crippen molar-refractivity contribution in [3.05, 3.63) is 29.8 Å². The third-order valence-corrected chi connectivity index (χ3v) is 4.86. The number of nitrogens with zero attached hydrogens (tertiary/aromatic N) is 2. The van der Waals surface area contributed by atoms with Crippen LogP contribution in [0.5, 0.6) is 0 Å². The normalized spacial score (nSPS) is 24.2. The number of rotatable bonds is 3. The first-order valence-corrected chi connectivity index (χ1v) is 8.65. The molecular formula is C14H17BrN2O2S. The van der Waals surface area contributed by atoms with Crippen molar-refractivity contribution in [2.75, 3.05) is 6.26 Å². The molecule has 1 aliphatic heterocycles. The van der Waals surface area contributed by atoms with Gasteiger partial charge in [0.2, 0.25) is 0 Å². The molecule has 1 heterocycles. The lowest BCUT2D eigenvalue weighted by atomic mass is 9.98. The summed E-state index contributed by atoms with van der Waals surface area (Å²) in [5.74, 6) is -0.0642. The lowest BCUT2D eigenvalue weighted by Crippen LogP contribution is -2.40. The highest BCUT2D eigenvalue weighted by molar-refractivity contribution is 9.10. The Morgan fingerprint density at radius 1 is 1.30 bits per heavy atom. The van der Waals surface area contributed by atoms with E-state index < -0.39 is 15.1 Å². The van der Waals surface area contributed by atoms with Gasteiger partial charge in [-0.1, -0.05) is 28.1 Å². The summed E-state index contributed by atoms with van der Waals surface area (Å²) in [4.78, 5) is 13.1. The van der Waals surface area contributed by atoms with Gasteiger partial charge < -0.3 is 0 Å². The van der Waals surface area contributed by atoms with Crippen molar-refractivity contribution in [3.8, 4) is 0 Å². The van der Waals surface area contributed by atoms with Gasteiger partial charge in [-0.3, -0.25) is 9.00 Å². The number of carbonyl (C=O) groups excluding carboxylic acids is 1. The molecule has 0 saturated carbocycles. The molecule has 20 heavy (non-hydrogen) atoms. The molecular weight excluding hydrogens is 340 g/mol. The van der Waals surface area contributed by atoms with E-state index in [0.29, 0.717) is 5.71 Å². The zero-order valence-electron chi connectivity index (χ0n) is 11.9. The molecule has 0 bridgehead atoms. The van der Waals surface area contributed by atoms with Crippen LogP contribution in [0.3, 0.4) is 0 Å². The van der Waals surface area contributed by atoms with Crippen molar-refractivity contribution in [1.29, 1.82) is 0 Å². The molecule has 1 aromatic rings. The van der Waals surface area contributed by atoms with E-state index in [9.17, 15) is 9.00 Å². The molecule has 108 valence electrons. The monoisotopic (exact) mass is 356 g/mol. The van der Waals surface area contributed by atoms with E-state index in [1.807, 2.05) is 32.9 Å². The first-order valence-electron chi connectivity index (χ1n) is 6.30. The first kappa shape index (κ1) is 15.4. The lowest BCUT2D eigenvalue weighted by Gasteiger charge is -2.20. The third kappa shape index (κ3) is 2.59. The van der Waals surface area contributed by atoms with E-state index in [1.54, 1.807) is 18.4 Å². The van der Waals surface area contributed by atoms with Crippen molar-refractivity contribution in [2.45, 2.75) is 36.0 Å². The minimum atomic E-state index is -1.01. The molecule has 1 amide bonds. The fourth-order valence-electron chi connectivity index (χ4n) is 2.05. The average molecular weight is 357 g/mol. The summed E-state index contributed by atoms with van der Waals surface area (Å²) in [7, 11) is -1.01. The van der Waals surface area contributed by atoms with Crippen LogP contribution in [0.4, 0.5) is 0 Å². The number of hydrazone groups is 1. The Kier molecular flexibility index (Phi) is 4.16. The predicted octanol–water partition coefficient (Wildman–Crippen LogP) is 2.53. The van der Waals surface area contributed by atoms with Crippen LogP contribution in [-0.2, 0) is 15.6 Å². The Labute approximate surface area is 129 Å². The van der Waals surface area contributed by atoms with Crippen molar-refractivity contribution < 1.29 is 9.00 Å². The summed E-state index contributed by atoms with van der Waals surface area (Å²) in [6.45, 7) is 5.66. The van der Waals surface area contributed by atoms with Crippen molar-refractivity contribution >= 4 is 38.3 Å². The molecule has 6 heteroatoms. The number of alkyl halides is 1. The van der Waals surface area contributed by atoms with Gasteiger partial charge in [0.1, 0.15) is 4.32 Å². The molecule has 2 unspecified atom stereocenters. The summed E-state index contributed by atoms with van der Waals surface area (Å²) >= 11 is 3.49. The van der Waals surface area contributed by atoms with Gasteiger partial charge in [0.15, 0.2) is 0 Å². The molecule has 0 aliphatic carbocycles. The highest BCUT2D eigenvalue weighted by Crippen LogP contribution is 2.33. The largest absolute Gasteiger partial charge is 0.271 e. The topological polar surface area (TPSA) is 49.7 Å². The smallest absolute Gasteiger partial charge is 0.265 e. The summed E-state index contributed by atoms with van der Waals surface area (Å²) in [5, 5.41) is 5.94. The molecule has 0 fully saturated rings.